The summed E-state index contributed by atoms with van der Waals surface area (Å²) in [5.41, 5.74) is 2.99. The Balaban J connectivity index is 1.60. The first-order chi connectivity index (χ1) is 13.0. The van der Waals surface area contributed by atoms with Crippen LogP contribution in [0.3, 0.4) is 0 Å². The highest BCUT2D eigenvalue weighted by Crippen LogP contribution is 2.37. The Hall–Kier alpha value is -2.01. The van der Waals surface area contributed by atoms with E-state index in [0.29, 0.717) is 31.2 Å². The number of benzene rings is 1. The van der Waals surface area contributed by atoms with Crippen LogP contribution in [0, 0.1) is 12.8 Å². The molecule has 1 heterocycles. The van der Waals surface area contributed by atoms with Crippen molar-refractivity contribution in [1.82, 2.24) is 14.8 Å². The zero-order valence-corrected chi connectivity index (χ0v) is 16.7. The summed E-state index contributed by atoms with van der Waals surface area (Å²) in [4.78, 5) is 12.5. The summed E-state index contributed by atoms with van der Waals surface area (Å²) in [6.07, 6.45) is 6.08. The number of rotatable bonds is 10. The molecule has 0 radical (unpaired) electrons. The molecule has 5 heteroatoms. The normalized spacial score (nSPS) is 14.1. The van der Waals surface area contributed by atoms with Gasteiger partial charge in [-0.2, -0.15) is 0 Å². The molecule has 1 saturated carbocycles. The number of Topliss-reactive ketones (excluding diaryl/α,β-unsaturated/α-hetero) is 1. The molecule has 1 aromatic heterocycles. The minimum absolute atomic E-state index is 0.0328. The van der Waals surface area contributed by atoms with E-state index in [1.54, 1.807) is 0 Å². The highest BCUT2D eigenvalue weighted by Gasteiger charge is 2.29. The Labute approximate surface area is 161 Å². The second-order valence-corrected chi connectivity index (χ2v) is 8.20. The Bertz CT molecular complexity index is 791. The number of carbonyl (C=O) groups excluding carboxylic acids is 1. The SMILES string of the molecule is Cc1cc(CO)ccc1CC(=O)CCc1nnc(CCC(C)C)n1C1CC1. The van der Waals surface area contributed by atoms with Gasteiger partial charge in [-0.05, 0) is 48.8 Å². The summed E-state index contributed by atoms with van der Waals surface area (Å²) in [5.74, 6) is 2.94. The van der Waals surface area contributed by atoms with Crippen LogP contribution >= 0.6 is 0 Å². The fraction of sp³-hybridized carbons (Fsp3) is 0.591. The van der Waals surface area contributed by atoms with Crippen molar-refractivity contribution in [3.63, 3.8) is 0 Å². The molecule has 1 N–H and O–H groups in total. The lowest BCUT2D eigenvalue weighted by molar-refractivity contribution is -0.118. The Morgan fingerprint density at radius 2 is 1.93 bits per heavy atom. The van der Waals surface area contributed by atoms with Crippen molar-refractivity contribution in [1.29, 1.82) is 0 Å². The molecule has 0 atom stereocenters. The first kappa shape index (κ1) is 19.7. The van der Waals surface area contributed by atoms with E-state index in [4.69, 9.17) is 0 Å². The maximum Gasteiger partial charge on any atom is 0.137 e. The number of nitrogens with zero attached hydrogens (tertiary/aromatic N) is 3. The van der Waals surface area contributed by atoms with E-state index in [-0.39, 0.29) is 12.4 Å². The fourth-order valence-electron chi connectivity index (χ4n) is 3.48. The molecule has 1 aliphatic rings. The van der Waals surface area contributed by atoms with E-state index in [1.165, 1.54) is 12.8 Å². The average molecular weight is 370 g/mol. The van der Waals surface area contributed by atoms with Crippen LogP contribution in [0.1, 0.15) is 73.9 Å². The van der Waals surface area contributed by atoms with Gasteiger partial charge in [0.05, 0.1) is 6.61 Å². The number of hydrogen-bond acceptors (Lipinski definition) is 4. The van der Waals surface area contributed by atoms with Crippen molar-refractivity contribution in [3.05, 3.63) is 46.5 Å². The Morgan fingerprint density at radius 1 is 1.22 bits per heavy atom. The fourth-order valence-corrected chi connectivity index (χ4v) is 3.48. The van der Waals surface area contributed by atoms with Crippen LogP contribution in [-0.2, 0) is 30.7 Å². The van der Waals surface area contributed by atoms with Gasteiger partial charge in [-0.1, -0.05) is 32.0 Å². The quantitative estimate of drug-likeness (QED) is 0.693. The predicted molar refractivity (Wildman–Crippen MR) is 106 cm³/mol. The maximum absolute atomic E-state index is 12.5. The van der Waals surface area contributed by atoms with Gasteiger partial charge in [-0.3, -0.25) is 4.79 Å². The van der Waals surface area contributed by atoms with Gasteiger partial charge in [0.25, 0.3) is 0 Å². The molecule has 1 aromatic carbocycles. The lowest BCUT2D eigenvalue weighted by Crippen LogP contribution is -2.11. The number of carbonyl (C=O) groups is 1. The van der Waals surface area contributed by atoms with Gasteiger partial charge < -0.3 is 9.67 Å². The van der Waals surface area contributed by atoms with E-state index >= 15 is 0 Å². The van der Waals surface area contributed by atoms with Gasteiger partial charge >= 0.3 is 0 Å². The van der Waals surface area contributed by atoms with Gasteiger partial charge in [0, 0.05) is 31.7 Å². The topological polar surface area (TPSA) is 68.0 Å². The molecule has 0 spiro atoms. The maximum atomic E-state index is 12.5. The number of aliphatic hydroxyl groups excluding tert-OH is 1. The molecular weight excluding hydrogens is 338 g/mol. The zero-order valence-electron chi connectivity index (χ0n) is 16.7. The lowest BCUT2D eigenvalue weighted by atomic mass is 9.99. The molecule has 146 valence electrons. The first-order valence-corrected chi connectivity index (χ1v) is 10.1. The third kappa shape index (κ3) is 5.25. The van der Waals surface area contributed by atoms with Crippen LogP contribution in [0.25, 0.3) is 0 Å². The van der Waals surface area contributed by atoms with Crippen molar-refractivity contribution in [2.45, 2.75) is 78.4 Å². The molecule has 0 unspecified atom stereocenters. The van der Waals surface area contributed by atoms with Gasteiger partial charge in [0.2, 0.25) is 0 Å². The van der Waals surface area contributed by atoms with Crippen molar-refractivity contribution >= 4 is 5.78 Å². The molecule has 0 saturated heterocycles. The van der Waals surface area contributed by atoms with Gasteiger partial charge in [0.15, 0.2) is 0 Å². The van der Waals surface area contributed by atoms with E-state index < -0.39 is 0 Å². The van der Waals surface area contributed by atoms with Crippen molar-refractivity contribution in [2.24, 2.45) is 5.92 Å². The second kappa shape index (κ2) is 8.79. The molecule has 1 fully saturated rings. The van der Waals surface area contributed by atoms with E-state index in [2.05, 4.69) is 28.6 Å². The second-order valence-electron chi connectivity index (χ2n) is 8.20. The van der Waals surface area contributed by atoms with Gasteiger partial charge in [-0.15, -0.1) is 10.2 Å². The van der Waals surface area contributed by atoms with E-state index in [1.807, 2.05) is 25.1 Å². The number of ketones is 1. The number of aromatic nitrogens is 3. The van der Waals surface area contributed by atoms with Gasteiger partial charge in [-0.25, -0.2) is 0 Å². The van der Waals surface area contributed by atoms with Crippen LogP contribution in [-0.4, -0.2) is 25.7 Å². The molecule has 3 rings (SSSR count). The highest BCUT2D eigenvalue weighted by atomic mass is 16.3. The minimum Gasteiger partial charge on any atom is -0.392 e. The third-order valence-electron chi connectivity index (χ3n) is 5.30. The van der Waals surface area contributed by atoms with Crippen LogP contribution in [0.2, 0.25) is 0 Å². The molecular formula is C22H31N3O2. The zero-order chi connectivity index (χ0) is 19.4. The van der Waals surface area contributed by atoms with Crippen LogP contribution in [0.15, 0.2) is 18.2 Å². The van der Waals surface area contributed by atoms with Gasteiger partial charge in [0.1, 0.15) is 17.4 Å². The highest BCUT2D eigenvalue weighted by molar-refractivity contribution is 5.81. The monoisotopic (exact) mass is 369 g/mol. The lowest BCUT2D eigenvalue weighted by Gasteiger charge is -2.10. The summed E-state index contributed by atoms with van der Waals surface area (Å²) < 4.78 is 2.30. The molecule has 0 amide bonds. The summed E-state index contributed by atoms with van der Waals surface area (Å²) in [6.45, 7) is 6.48. The average Bonchev–Trinajstić information content (AvgIpc) is 3.40. The van der Waals surface area contributed by atoms with Crippen molar-refractivity contribution in [3.8, 4) is 0 Å². The van der Waals surface area contributed by atoms with E-state index in [0.717, 1.165) is 41.2 Å². The standard InChI is InChI=1S/C22H31N3O2/c1-15(2)4-10-21-23-24-22(25(21)19-7-8-19)11-9-20(27)13-18-6-5-17(14-26)12-16(18)3/h5-6,12,15,19,26H,4,7-11,13-14H2,1-3H3. The molecule has 5 nitrogen and oxygen atoms in total. The molecule has 0 aliphatic heterocycles. The molecule has 27 heavy (non-hydrogen) atoms. The largest absolute Gasteiger partial charge is 0.392 e. The smallest absolute Gasteiger partial charge is 0.137 e. The molecule has 2 aromatic rings. The third-order valence-corrected chi connectivity index (χ3v) is 5.30. The van der Waals surface area contributed by atoms with Crippen LogP contribution in [0.4, 0.5) is 0 Å². The summed E-state index contributed by atoms with van der Waals surface area (Å²) >= 11 is 0. The minimum atomic E-state index is 0.0328. The summed E-state index contributed by atoms with van der Waals surface area (Å²) in [7, 11) is 0. The van der Waals surface area contributed by atoms with E-state index in [9.17, 15) is 9.90 Å². The van der Waals surface area contributed by atoms with Crippen LogP contribution in [0.5, 0.6) is 0 Å². The summed E-state index contributed by atoms with van der Waals surface area (Å²) in [5, 5.41) is 18.0. The number of aryl methyl sites for hydroxylation is 3. The van der Waals surface area contributed by atoms with Crippen molar-refractivity contribution in [2.75, 3.05) is 0 Å². The summed E-state index contributed by atoms with van der Waals surface area (Å²) in [6, 6.07) is 6.34. The van der Waals surface area contributed by atoms with Crippen LogP contribution < -0.4 is 0 Å². The number of aliphatic hydroxyl groups is 1. The first-order valence-electron chi connectivity index (χ1n) is 10.1. The molecule has 1 aliphatic carbocycles. The number of hydrogen-bond donors (Lipinski definition) is 1. The Morgan fingerprint density at radius 3 is 2.52 bits per heavy atom. The van der Waals surface area contributed by atoms with Crippen molar-refractivity contribution < 1.29 is 9.90 Å². The Kier molecular flexibility index (Phi) is 6.42. The molecule has 0 bridgehead atoms. The predicted octanol–water partition coefficient (Wildman–Crippen LogP) is 3.75.